The monoisotopic (exact) mass is 179 g/mol. The van der Waals surface area contributed by atoms with Crippen LogP contribution in [0, 0.1) is 6.92 Å². The van der Waals surface area contributed by atoms with Crippen LogP contribution in [-0.4, -0.2) is 11.7 Å². The van der Waals surface area contributed by atoms with Gasteiger partial charge in [0.2, 0.25) is 0 Å². The Hall–Kier alpha value is -0.860. The molecule has 0 fully saturated rings. The van der Waals surface area contributed by atoms with Gasteiger partial charge in [-0.3, -0.25) is 0 Å². The molecule has 0 spiro atoms. The molecule has 0 aliphatic heterocycles. The van der Waals surface area contributed by atoms with Crippen molar-refractivity contribution in [1.82, 2.24) is 0 Å². The number of rotatable bonds is 3. The number of aliphatic hydroxyl groups is 1. The zero-order valence-electron chi connectivity index (χ0n) is 8.25. The number of nitrogens with two attached hydrogens (primary N) is 1. The van der Waals surface area contributed by atoms with E-state index in [2.05, 4.69) is 0 Å². The molecule has 0 amide bonds. The molecule has 0 unspecified atom stereocenters. The van der Waals surface area contributed by atoms with Crippen LogP contribution in [0.1, 0.15) is 24.5 Å². The summed E-state index contributed by atoms with van der Waals surface area (Å²) in [6.45, 7) is 4.12. The van der Waals surface area contributed by atoms with Crippen molar-refractivity contribution in [2.75, 3.05) is 6.61 Å². The second kappa shape index (κ2) is 3.90. The summed E-state index contributed by atoms with van der Waals surface area (Å²) in [4.78, 5) is 0. The van der Waals surface area contributed by atoms with E-state index in [0.717, 1.165) is 5.56 Å². The first-order valence-corrected chi connectivity index (χ1v) is 4.54. The van der Waals surface area contributed by atoms with Crippen molar-refractivity contribution in [1.29, 1.82) is 0 Å². The molecule has 2 heteroatoms. The van der Waals surface area contributed by atoms with E-state index in [1.807, 2.05) is 38.1 Å². The van der Waals surface area contributed by atoms with E-state index in [-0.39, 0.29) is 6.61 Å². The van der Waals surface area contributed by atoms with Crippen LogP contribution >= 0.6 is 0 Å². The SMILES string of the molecule is Cc1ccccc1[C@](C)(N)CCO. The average molecular weight is 179 g/mol. The first kappa shape index (κ1) is 10.2. The molecule has 72 valence electrons. The van der Waals surface area contributed by atoms with E-state index in [4.69, 9.17) is 10.8 Å². The van der Waals surface area contributed by atoms with Crippen LogP contribution in [0.15, 0.2) is 24.3 Å². The quantitative estimate of drug-likeness (QED) is 0.739. The highest BCUT2D eigenvalue weighted by molar-refractivity contribution is 5.31. The zero-order valence-corrected chi connectivity index (χ0v) is 8.25. The standard InChI is InChI=1S/C11H17NO/c1-9-5-3-4-6-10(9)11(2,12)7-8-13/h3-6,13H,7-8,12H2,1-2H3/t11-/m1/s1. The van der Waals surface area contributed by atoms with Gasteiger partial charge in [0, 0.05) is 12.1 Å². The first-order valence-electron chi connectivity index (χ1n) is 4.54. The molecule has 0 bridgehead atoms. The van der Waals surface area contributed by atoms with Crippen molar-refractivity contribution < 1.29 is 5.11 Å². The van der Waals surface area contributed by atoms with Crippen LogP contribution in [0.3, 0.4) is 0 Å². The van der Waals surface area contributed by atoms with Gasteiger partial charge in [-0.05, 0) is 31.4 Å². The van der Waals surface area contributed by atoms with Crippen molar-refractivity contribution in [3.63, 3.8) is 0 Å². The molecule has 0 aromatic heterocycles. The largest absolute Gasteiger partial charge is 0.396 e. The minimum absolute atomic E-state index is 0.126. The van der Waals surface area contributed by atoms with Crippen molar-refractivity contribution >= 4 is 0 Å². The topological polar surface area (TPSA) is 46.2 Å². The molecular formula is C11H17NO. The maximum atomic E-state index is 8.87. The molecule has 0 saturated carbocycles. The summed E-state index contributed by atoms with van der Waals surface area (Å²) in [6.07, 6.45) is 0.595. The minimum atomic E-state index is -0.417. The lowest BCUT2D eigenvalue weighted by Crippen LogP contribution is -2.34. The van der Waals surface area contributed by atoms with Crippen LogP contribution < -0.4 is 5.73 Å². The summed E-state index contributed by atoms with van der Waals surface area (Å²) in [5.74, 6) is 0. The summed E-state index contributed by atoms with van der Waals surface area (Å²) in [6, 6.07) is 8.03. The lowest BCUT2D eigenvalue weighted by Gasteiger charge is -2.26. The van der Waals surface area contributed by atoms with Gasteiger partial charge in [0.05, 0.1) is 0 Å². The highest BCUT2D eigenvalue weighted by atomic mass is 16.3. The highest BCUT2D eigenvalue weighted by Crippen LogP contribution is 2.23. The van der Waals surface area contributed by atoms with E-state index >= 15 is 0 Å². The van der Waals surface area contributed by atoms with Crippen molar-refractivity contribution in [2.45, 2.75) is 25.8 Å². The Morgan fingerprint density at radius 2 is 2.00 bits per heavy atom. The maximum absolute atomic E-state index is 8.87. The van der Waals surface area contributed by atoms with Gasteiger partial charge in [0.25, 0.3) is 0 Å². The lowest BCUT2D eigenvalue weighted by molar-refractivity contribution is 0.247. The van der Waals surface area contributed by atoms with Crippen LogP contribution in [0.4, 0.5) is 0 Å². The summed E-state index contributed by atoms with van der Waals surface area (Å²) in [5.41, 5.74) is 7.97. The average Bonchev–Trinajstić information content (AvgIpc) is 2.04. The zero-order chi connectivity index (χ0) is 9.90. The van der Waals surface area contributed by atoms with Gasteiger partial charge in [-0.15, -0.1) is 0 Å². The van der Waals surface area contributed by atoms with Crippen LogP contribution in [0.5, 0.6) is 0 Å². The lowest BCUT2D eigenvalue weighted by atomic mass is 9.87. The normalized spacial score (nSPS) is 15.4. The van der Waals surface area contributed by atoms with Gasteiger partial charge < -0.3 is 10.8 Å². The van der Waals surface area contributed by atoms with E-state index in [0.29, 0.717) is 6.42 Å². The Morgan fingerprint density at radius 1 is 1.38 bits per heavy atom. The van der Waals surface area contributed by atoms with Crippen LogP contribution in [-0.2, 0) is 5.54 Å². The highest BCUT2D eigenvalue weighted by Gasteiger charge is 2.21. The summed E-state index contributed by atoms with van der Waals surface area (Å²) >= 11 is 0. The van der Waals surface area contributed by atoms with Gasteiger partial charge in [-0.2, -0.15) is 0 Å². The number of hydrogen-bond acceptors (Lipinski definition) is 2. The molecule has 0 aliphatic carbocycles. The molecule has 1 atom stereocenters. The van der Waals surface area contributed by atoms with Crippen LogP contribution in [0.2, 0.25) is 0 Å². The van der Waals surface area contributed by atoms with Gasteiger partial charge in [0.15, 0.2) is 0 Å². The Kier molecular flexibility index (Phi) is 3.07. The predicted octanol–water partition coefficient (Wildman–Crippen LogP) is 1.55. The number of benzene rings is 1. The fourth-order valence-corrected chi connectivity index (χ4v) is 1.58. The molecule has 0 aliphatic rings. The number of aliphatic hydroxyl groups excluding tert-OH is 1. The molecule has 0 saturated heterocycles. The summed E-state index contributed by atoms with van der Waals surface area (Å²) in [7, 11) is 0. The first-order chi connectivity index (χ1) is 6.08. The Balaban J connectivity index is 2.99. The fraction of sp³-hybridized carbons (Fsp3) is 0.455. The predicted molar refractivity (Wildman–Crippen MR) is 54.4 cm³/mol. The van der Waals surface area contributed by atoms with Gasteiger partial charge in [-0.25, -0.2) is 0 Å². The second-order valence-corrected chi connectivity index (χ2v) is 3.71. The molecule has 0 radical (unpaired) electrons. The third-order valence-corrected chi connectivity index (χ3v) is 2.39. The van der Waals surface area contributed by atoms with Crippen molar-refractivity contribution in [2.24, 2.45) is 5.73 Å². The third-order valence-electron chi connectivity index (χ3n) is 2.39. The van der Waals surface area contributed by atoms with Gasteiger partial charge >= 0.3 is 0 Å². The van der Waals surface area contributed by atoms with Gasteiger partial charge in [-0.1, -0.05) is 24.3 Å². The Bertz CT molecular complexity index is 281. The Labute approximate surface area is 79.4 Å². The van der Waals surface area contributed by atoms with E-state index in [9.17, 15) is 0 Å². The molecule has 1 aromatic rings. The smallest absolute Gasteiger partial charge is 0.0451 e. The van der Waals surface area contributed by atoms with Gasteiger partial charge in [0.1, 0.15) is 0 Å². The molecular weight excluding hydrogens is 162 g/mol. The second-order valence-electron chi connectivity index (χ2n) is 3.71. The van der Waals surface area contributed by atoms with E-state index < -0.39 is 5.54 Å². The molecule has 13 heavy (non-hydrogen) atoms. The number of hydrogen-bond donors (Lipinski definition) is 2. The number of aryl methyl sites for hydroxylation is 1. The Morgan fingerprint density at radius 3 is 2.54 bits per heavy atom. The van der Waals surface area contributed by atoms with Crippen LogP contribution in [0.25, 0.3) is 0 Å². The van der Waals surface area contributed by atoms with E-state index in [1.54, 1.807) is 0 Å². The summed E-state index contributed by atoms with van der Waals surface area (Å²) in [5, 5.41) is 8.87. The van der Waals surface area contributed by atoms with E-state index in [1.165, 1.54) is 5.56 Å². The summed E-state index contributed by atoms with van der Waals surface area (Å²) < 4.78 is 0. The molecule has 2 nitrogen and oxygen atoms in total. The molecule has 3 N–H and O–H groups in total. The van der Waals surface area contributed by atoms with Crippen molar-refractivity contribution in [3.05, 3.63) is 35.4 Å². The molecule has 0 heterocycles. The minimum Gasteiger partial charge on any atom is -0.396 e. The third kappa shape index (κ3) is 2.29. The maximum Gasteiger partial charge on any atom is 0.0451 e. The molecule has 1 rings (SSSR count). The fourth-order valence-electron chi connectivity index (χ4n) is 1.58. The van der Waals surface area contributed by atoms with Crippen molar-refractivity contribution in [3.8, 4) is 0 Å². The molecule has 1 aromatic carbocycles.